The van der Waals surface area contributed by atoms with Gasteiger partial charge in [-0.15, -0.1) is 0 Å². The van der Waals surface area contributed by atoms with Gasteiger partial charge in [0.1, 0.15) is 23.1 Å². The second kappa shape index (κ2) is 10.3. The predicted molar refractivity (Wildman–Crippen MR) is 120 cm³/mol. The number of aromatic nitrogens is 1. The van der Waals surface area contributed by atoms with Gasteiger partial charge < -0.3 is 20.1 Å². The number of benzene rings is 2. The fraction of sp³-hybridized carbons (Fsp3) is 0.174. The van der Waals surface area contributed by atoms with E-state index < -0.39 is 0 Å². The summed E-state index contributed by atoms with van der Waals surface area (Å²) in [6.45, 7) is 2.28. The number of nitrogens with one attached hydrogen (secondary N) is 2. The number of nitrogens with zero attached hydrogens (tertiary/aromatic N) is 2. The van der Waals surface area contributed by atoms with Gasteiger partial charge in [-0.1, -0.05) is 11.6 Å². The first-order chi connectivity index (χ1) is 15.0. The topological polar surface area (TPSA) is 96.3 Å². The van der Waals surface area contributed by atoms with Crippen LogP contribution < -0.4 is 20.1 Å². The van der Waals surface area contributed by atoms with Gasteiger partial charge in [-0.25, -0.2) is 4.98 Å². The Labute approximate surface area is 185 Å². The molecular formula is C23H21ClN4O3. The number of hydrogen-bond donors (Lipinski definition) is 2. The summed E-state index contributed by atoms with van der Waals surface area (Å²) < 4.78 is 11.0. The van der Waals surface area contributed by atoms with E-state index in [0.29, 0.717) is 34.3 Å². The van der Waals surface area contributed by atoms with Crippen LogP contribution >= 0.6 is 11.6 Å². The number of carbonyl (C=O) groups excluding carboxylic acids is 1. The van der Waals surface area contributed by atoms with Gasteiger partial charge in [-0.2, -0.15) is 5.26 Å². The molecule has 3 rings (SSSR count). The van der Waals surface area contributed by atoms with E-state index in [1.807, 2.05) is 13.0 Å². The summed E-state index contributed by atoms with van der Waals surface area (Å²) in [7, 11) is 1.58. The van der Waals surface area contributed by atoms with Crippen LogP contribution in [0.5, 0.6) is 17.4 Å². The molecule has 0 unspecified atom stereocenters. The maximum atomic E-state index is 12.4. The molecule has 3 aromatic rings. The van der Waals surface area contributed by atoms with Crippen molar-refractivity contribution >= 4 is 28.9 Å². The normalized spacial score (nSPS) is 10.1. The third-order valence-corrected chi connectivity index (χ3v) is 4.64. The van der Waals surface area contributed by atoms with Crippen LogP contribution in [0, 0.1) is 18.3 Å². The third-order valence-electron chi connectivity index (χ3n) is 4.41. The van der Waals surface area contributed by atoms with Crippen molar-refractivity contribution in [1.82, 2.24) is 4.98 Å². The highest BCUT2D eigenvalue weighted by molar-refractivity contribution is 6.30. The van der Waals surface area contributed by atoms with Crippen LogP contribution in [0.15, 0.2) is 54.7 Å². The zero-order chi connectivity index (χ0) is 22.2. The number of carbonyl (C=O) groups is 1. The minimum atomic E-state index is -0.137. The Morgan fingerprint density at radius 1 is 1.19 bits per heavy atom. The van der Waals surface area contributed by atoms with E-state index in [-0.39, 0.29) is 18.2 Å². The Kier molecular flexibility index (Phi) is 7.31. The maximum absolute atomic E-state index is 12.4. The largest absolute Gasteiger partial charge is 0.495 e. The summed E-state index contributed by atoms with van der Waals surface area (Å²) >= 11 is 6.02. The van der Waals surface area contributed by atoms with E-state index in [2.05, 4.69) is 15.6 Å². The summed E-state index contributed by atoms with van der Waals surface area (Å²) in [5.41, 5.74) is 2.58. The number of amides is 1. The van der Waals surface area contributed by atoms with Crippen LogP contribution in [0.2, 0.25) is 5.02 Å². The Balaban J connectivity index is 1.57. The number of hydrogen-bond acceptors (Lipinski definition) is 6. The molecule has 0 atom stereocenters. The zero-order valence-corrected chi connectivity index (χ0v) is 17.9. The summed E-state index contributed by atoms with van der Waals surface area (Å²) in [4.78, 5) is 16.4. The molecule has 0 radical (unpaired) electrons. The number of aryl methyl sites for hydroxylation is 1. The molecule has 1 amide bonds. The van der Waals surface area contributed by atoms with Crippen molar-refractivity contribution in [1.29, 1.82) is 5.26 Å². The molecule has 2 aromatic carbocycles. The molecule has 7 nitrogen and oxygen atoms in total. The second-order valence-corrected chi connectivity index (χ2v) is 7.05. The Hall–Kier alpha value is -3.76. The van der Waals surface area contributed by atoms with E-state index in [4.69, 9.17) is 26.3 Å². The zero-order valence-electron chi connectivity index (χ0n) is 17.1. The lowest BCUT2D eigenvalue weighted by molar-refractivity contribution is -0.115. The number of nitriles is 1. The van der Waals surface area contributed by atoms with Crippen LogP contribution in [-0.2, 0) is 4.79 Å². The van der Waals surface area contributed by atoms with E-state index in [1.54, 1.807) is 61.8 Å². The van der Waals surface area contributed by atoms with Gasteiger partial charge >= 0.3 is 0 Å². The van der Waals surface area contributed by atoms with Crippen molar-refractivity contribution in [3.8, 4) is 23.4 Å². The molecule has 0 fully saturated rings. The summed E-state index contributed by atoms with van der Waals surface area (Å²) in [5, 5.41) is 15.8. The minimum Gasteiger partial charge on any atom is -0.495 e. The lowest BCUT2D eigenvalue weighted by Gasteiger charge is -2.13. The van der Waals surface area contributed by atoms with Crippen molar-refractivity contribution in [2.75, 3.05) is 24.3 Å². The molecule has 0 aliphatic carbocycles. The number of rotatable bonds is 8. The molecule has 0 bridgehead atoms. The first-order valence-corrected chi connectivity index (χ1v) is 9.89. The Bertz CT molecular complexity index is 1130. The van der Waals surface area contributed by atoms with Crippen LogP contribution in [-0.4, -0.2) is 24.5 Å². The number of halogens is 1. The van der Waals surface area contributed by atoms with Gasteiger partial charge in [0.05, 0.1) is 12.8 Å². The van der Waals surface area contributed by atoms with E-state index in [0.717, 1.165) is 11.3 Å². The molecule has 1 heterocycles. The lowest BCUT2D eigenvalue weighted by atomic mass is 10.2. The van der Waals surface area contributed by atoms with Gasteiger partial charge in [-0.3, -0.25) is 4.79 Å². The van der Waals surface area contributed by atoms with E-state index in [1.165, 1.54) is 0 Å². The van der Waals surface area contributed by atoms with Gasteiger partial charge in [0, 0.05) is 29.9 Å². The van der Waals surface area contributed by atoms with Crippen LogP contribution in [0.25, 0.3) is 0 Å². The number of methoxy groups -OCH3 is 1. The van der Waals surface area contributed by atoms with E-state index >= 15 is 0 Å². The van der Waals surface area contributed by atoms with Gasteiger partial charge in [-0.05, 0) is 61.0 Å². The maximum Gasteiger partial charge on any atom is 0.237 e. The van der Waals surface area contributed by atoms with Crippen molar-refractivity contribution in [3.63, 3.8) is 0 Å². The highest BCUT2D eigenvalue weighted by atomic mass is 35.5. The standard InChI is InChI=1S/C23H21ClN4O3/c1-15-12-18(31-23-16(14-25)4-3-10-27-23)6-7-19(15)28-22(29)9-11-26-20-13-17(24)5-8-21(20)30-2/h3-8,10,12-13,26H,9,11H2,1-2H3,(H,28,29). The van der Waals surface area contributed by atoms with Gasteiger partial charge in [0.15, 0.2) is 0 Å². The van der Waals surface area contributed by atoms with Crippen molar-refractivity contribution < 1.29 is 14.3 Å². The average molecular weight is 437 g/mol. The molecule has 8 heteroatoms. The summed E-state index contributed by atoms with van der Waals surface area (Å²) in [6, 6.07) is 15.9. The highest BCUT2D eigenvalue weighted by Crippen LogP contribution is 2.28. The minimum absolute atomic E-state index is 0.137. The van der Waals surface area contributed by atoms with Gasteiger partial charge in [0.25, 0.3) is 0 Å². The van der Waals surface area contributed by atoms with E-state index in [9.17, 15) is 4.79 Å². The second-order valence-electron chi connectivity index (χ2n) is 6.62. The molecule has 1 aromatic heterocycles. The molecule has 0 spiro atoms. The van der Waals surface area contributed by atoms with Crippen molar-refractivity contribution in [2.45, 2.75) is 13.3 Å². The van der Waals surface area contributed by atoms with Crippen LogP contribution in [0.1, 0.15) is 17.5 Å². The van der Waals surface area contributed by atoms with Crippen molar-refractivity contribution in [2.24, 2.45) is 0 Å². The lowest BCUT2D eigenvalue weighted by Crippen LogP contribution is -2.17. The Morgan fingerprint density at radius 2 is 2.03 bits per heavy atom. The summed E-state index contributed by atoms with van der Waals surface area (Å²) in [5.74, 6) is 1.29. The predicted octanol–water partition coefficient (Wildman–Crippen LogP) is 5.16. The molecule has 0 aliphatic heterocycles. The smallest absolute Gasteiger partial charge is 0.237 e. The number of anilines is 2. The quantitative estimate of drug-likeness (QED) is 0.506. The molecular weight excluding hydrogens is 416 g/mol. The first-order valence-electron chi connectivity index (χ1n) is 9.51. The fourth-order valence-corrected chi connectivity index (χ4v) is 3.02. The van der Waals surface area contributed by atoms with Crippen LogP contribution in [0.4, 0.5) is 11.4 Å². The first kappa shape index (κ1) is 21.9. The van der Waals surface area contributed by atoms with Crippen LogP contribution in [0.3, 0.4) is 0 Å². The molecule has 31 heavy (non-hydrogen) atoms. The average Bonchev–Trinajstić information content (AvgIpc) is 2.76. The molecule has 2 N–H and O–H groups in total. The Morgan fingerprint density at radius 3 is 2.77 bits per heavy atom. The molecule has 0 aliphatic rings. The molecule has 0 saturated heterocycles. The number of pyridine rings is 1. The molecule has 158 valence electrons. The third kappa shape index (κ3) is 5.87. The number of ether oxygens (including phenoxy) is 2. The monoisotopic (exact) mass is 436 g/mol. The molecule has 0 saturated carbocycles. The SMILES string of the molecule is COc1ccc(Cl)cc1NCCC(=O)Nc1ccc(Oc2ncccc2C#N)cc1C. The van der Waals surface area contributed by atoms with Crippen molar-refractivity contribution in [3.05, 3.63) is 70.9 Å². The highest BCUT2D eigenvalue weighted by Gasteiger charge is 2.10. The summed E-state index contributed by atoms with van der Waals surface area (Å²) in [6.07, 6.45) is 1.82. The van der Waals surface area contributed by atoms with Gasteiger partial charge in [0.2, 0.25) is 11.8 Å². The fourth-order valence-electron chi connectivity index (χ4n) is 2.85.